The van der Waals surface area contributed by atoms with Gasteiger partial charge >= 0.3 is 0 Å². The highest BCUT2D eigenvalue weighted by atomic mass is 32.1. The third-order valence-corrected chi connectivity index (χ3v) is 6.84. The molecule has 1 amide bonds. The van der Waals surface area contributed by atoms with Gasteiger partial charge in [0.25, 0.3) is 0 Å². The minimum Gasteiger partial charge on any atom is -0.497 e. The van der Waals surface area contributed by atoms with Gasteiger partial charge in [0.05, 0.1) is 19.7 Å². The van der Waals surface area contributed by atoms with Crippen molar-refractivity contribution < 1.29 is 9.53 Å². The van der Waals surface area contributed by atoms with Crippen LogP contribution < -0.4 is 4.74 Å². The van der Waals surface area contributed by atoms with E-state index in [2.05, 4.69) is 33.4 Å². The van der Waals surface area contributed by atoms with Crippen molar-refractivity contribution in [3.05, 3.63) is 51.7 Å². The van der Waals surface area contributed by atoms with Gasteiger partial charge in [-0.3, -0.25) is 9.69 Å². The van der Waals surface area contributed by atoms with Crippen LogP contribution in [0.2, 0.25) is 0 Å². The van der Waals surface area contributed by atoms with Gasteiger partial charge in [0.15, 0.2) is 0 Å². The summed E-state index contributed by atoms with van der Waals surface area (Å²) in [6.07, 6.45) is 5.61. The van der Waals surface area contributed by atoms with Gasteiger partial charge in [-0.1, -0.05) is 25.0 Å². The summed E-state index contributed by atoms with van der Waals surface area (Å²) < 4.78 is 5.29. The van der Waals surface area contributed by atoms with Crippen molar-refractivity contribution >= 4 is 17.2 Å². The summed E-state index contributed by atoms with van der Waals surface area (Å²) >= 11 is 1.85. The highest BCUT2D eigenvalue weighted by molar-refractivity contribution is 7.10. The van der Waals surface area contributed by atoms with Crippen LogP contribution in [0, 0.1) is 0 Å². The minimum atomic E-state index is 0.187. The standard InChI is InChI=1S/C22H28N2O2S/c1-26-19-8-6-17(7-9-19)20-5-3-2-4-12-24(20)22(25)16-23-13-10-21-18(15-23)11-14-27-21/h6-9,11,14,20H,2-5,10,12-13,15-16H2,1H3. The van der Waals surface area contributed by atoms with Crippen LogP contribution >= 0.6 is 11.3 Å². The Balaban J connectivity index is 1.47. The highest BCUT2D eigenvalue weighted by Crippen LogP contribution is 2.32. The molecule has 0 bridgehead atoms. The quantitative estimate of drug-likeness (QED) is 0.790. The van der Waals surface area contributed by atoms with Crippen molar-refractivity contribution in [1.82, 2.24) is 9.80 Å². The molecular weight excluding hydrogens is 356 g/mol. The molecule has 1 aromatic carbocycles. The smallest absolute Gasteiger partial charge is 0.237 e. The number of carbonyl (C=O) groups is 1. The predicted octanol–water partition coefficient (Wildman–Crippen LogP) is 4.26. The van der Waals surface area contributed by atoms with Gasteiger partial charge in [0, 0.05) is 24.5 Å². The molecule has 1 aromatic heterocycles. The molecule has 1 saturated heterocycles. The van der Waals surface area contributed by atoms with E-state index in [0.717, 1.165) is 44.6 Å². The molecule has 4 rings (SSSR count). The van der Waals surface area contributed by atoms with Crippen molar-refractivity contribution in [3.63, 3.8) is 0 Å². The van der Waals surface area contributed by atoms with Crippen molar-refractivity contribution in [3.8, 4) is 5.75 Å². The molecule has 2 aliphatic rings. The topological polar surface area (TPSA) is 32.8 Å². The Morgan fingerprint density at radius 3 is 2.81 bits per heavy atom. The Kier molecular flexibility index (Phi) is 5.79. The molecule has 4 nitrogen and oxygen atoms in total. The molecule has 1 fully saturated rings. The zero-order valence-electron chi connectivity index (χ0n) is 16.0. The lowest BCUT2D eigenvalue weighted by molar-refractivity contribution is -0.135. The number of hydrogen-bond donors (Lipinski definition) is 0. The first-order valence-electron chi connectivity index (χ1n) is 9.95. The van der Waals surface area contributed by atoms with Gasteiger partial charge in [-0.05, 0) is 54.0 Å². The van der Waals surface area contributed by atoms with Crippen molar-refractivity contribution in [2.45, 2.75) is 44.7 Å². The Morgan fingerprint density at radius 2 is 2.00 bits per heavy atom. The van der Waals surface area contributed by atoms with Gasteiger partial charge in [-0.15, -0.1) is 11.3 Å². The number of fused-ring (bicyclic) bond motifs is 1. The second kappa shape index (κ2) is 8.44. The van der Waals surface area contributed by atoms with Crippen LogP contribution in [-0.2, 0) is 17.8 Å². The summed E-state index contributed by atoms with van der Waals surface area (Å²) in [4.78, 5) is 19.2. The second-order valence-electron chi connectivity index (χ2n) is 7.56. The maximum atomic E-state index is 13.2. The highest BCUT2D eigenvalue weighted by Gasteiger charge is 2.29. The Morgan fingerprint density at radius 1 is 1.15 bits per heavy atom. The number of thiophene rings is 1. The fraction of sp³-hybridized carbons (Fsp3) is 0.500. The molecule has 0 N–H and O–H groups in total. The van der Waals surface area contributed by atoms with Crippen molar-refractivity contribution in [2.75, 3.05) is 26.7 Å². The van der Waals surface area contributed by atoms with Gasteiger partial charge in [-0.2, -0.15) is 0 Å². The summed E-state index contributed by atoms with van der Waals surface area (Å²) in [5.41, 5.74) is 2.63. The summed E-state index contributed by atoms with van der Waals surface area (Å²) in [6, 6.07) is 10.6. The molecule has 2 aliphatic heterocycles. The maximum absolute atomic E-state index is 13.2. The van der Waals surface area contributed by atoms with Crippen LogP contribution in [0.3, 0.4) is 0 Å². The van der Waals surface area contributed by atoms with E-state index in [4.69, 9.17) is 4.74 Å². The number of carbonyl (C=O) groups excluding carboxylic acids is 1. The fourth-order valence-electron chi connectivity index (χ4n) is 4.30. The van der Waals surface area contributed by atoms with Crippen molar-refractivity contribution in [2.24, 2.45) is 0 Å². The van der Waals surface area contributed by atoms with E-state index in [0.29, 0.717) is 6.54 Å². The molecule has 0 saturated carbocycles. The average Bonchev–Trinajstić information content (AvgIpc) is 3.02. The average molecular weight is 385 g/mol. The van der Waals surface area contributed by atoms with E-state index in [1.807, 2.05) is 23.5 Å². The van der Waals surface area contributed by atoms with Crippen molar-refractivity contribution in [1.29, 1.82) is 0 Å². The van der Waals surface area contributed by atoms with Crippen LogP contribution in [0.25, 0.3) is 0 Å². The summed E-state index contributed by atoms with van der Waals surface area (Å²) in [5, 5.41) is 2.17. The van der Waals surface area contributed by atoms with E-state index in [1.54, 1.807) is 7.11 Å². The number of nitrogens with zero attached hydrogens (tertiary/aromatic N) is 2. The monoisotopic (exact) mass is 384 g/mol. The molecule has 2 aromatic rings. The number of hydrogen-bond acceptors (Lipinski definition) is 4. The first-order chi connectivity index (χ1) is 13.2. The molecule has 144 valence electrons. The van der Waals surface area contributed by atoms with Gasteiger partial charge in [0.1, 0.15) is 5.75 Å². The third-order valence-electron chi connectivity index (χ3n) is 5.82. The maximum Gasteiger partial charge on any atom is 0.237 e. The normalized spacial score (nSPS) is 20.8. The lowest BCUT2D eigenvalue weighted by Crippen LogP contribution is -2.43. The molecular formula is C22H28N2O2S. The van der Waals surface area contributed by atoms with Crippen LogP contribution in [0.5, 0.6) is 5.75 Å². The van der Waals surface area contributed by atoms with E-state index >= 15 is 0 Å². The number of ether oxygens (including phenoxy) is 1. The number of amides is 1. The fourth-order valence-corrected chi connectivity index (χ4v) is 5.19. The zero-order chi connectivity index (χ0) is 18.6. The first-order valence-corrected chi connectivity index (χ1v) is 10.8. The summed E-state index contributed by atoms with van der Waals surface area (Å²) in [5.74, 6) is 1.14. The molecule has 27 heavy (non-hydrogen) atoms. The van der Waals surface area contributed by atoms with Gasteiger partial charge in [0.2, 0.25) is 5.91 Å². The number of benzene rings is 1. The number of likely N-dealkylation sites (tertiary alicyclic amines) is 1. The summed E-state index contributed by atoms with van der Waals surface area (Å²) in [7, 11) is 1.69. The Bertz CT molecular complexity index is 771. The van der Waals surface area contributed by atoms with Gasteiger partial charge < -0.3 is 9.64 Å². The largest absolute Gasteiger partial charge is 0.497 e. The lowest BCUT2D eigenvalue weighted by atomic mass is 10.0. The Hall–Kier alpha value is -1.85. The third kappa shape index (κ3) is 4.19. The molecule has 0 aliphatic carbocycles. The van der Waals surface area contributed by atoms with E-state index in [-0.39, 0.29) is 11.9 Å². The molecule has 5 heteroatoms. The molecule has 1 atom stereocenters. The van der Waals surface area contributed by atoms with Crippen LogP contribution in [0.1, 0.15) is 47.7 Å². The summed E-state index contributed by atoms with van der Waals surface area (Å²) in [6.45, 7) is 3.29. The van der Waals surface area contributed by atoms with E-state index in [1.165, 1.54) is 28.8 Å². The van der Waals surface area contributed by atoms with Crippen LogP contribution in [-0.4, -0.2) is 42.5 Å². The molecule has 1 unspecified atom stereocenters. The Labute approximate surface area is 165 Å². The molecule has 0 radical (unpaired) electrons. The first kappa shape index (κ1) is 18.5. The second-order valence-corrected chi connectivity index (χ2v) is 8.56. The van der Waals surface area contributed by atoms with Gasteiger partial charge in [-0.25, -0.2) is 0 Å². The minimum absolute atomic E-state index is 0.187. The SMILES string of the molecule is COc1ccc(C2CCCCCN2C(=O)CN2CCc3sccc3C2)cc1. The zero-order valence-corrected chi connectivity index (χ0v) is 16.8. The lowest BCUT2D eigenvalue weighted by Gasteiger charge is -2.34. The molecule has 3 heterocycles. The van der Waals surface area contributed by atoms with Crippen LogP contribution in [0.15, 0.2) is 35.7 Å². The van der Waals surface area contributed by atoms with E-state index < -0.39 is 0 Å². The number of rotatable bonds is 4. The van der Waals surface area contributed by atoms with Crippen LogP contribution in [0.4, 0.5) is 0 Å². The number of methoxy groups -OCH3 is 1. The predicted molar refractivity (Wildman–Crippen MR) is 109 cm³/mol. The van der Waals surface area contributed by atoms with E-state index in [9.17, 15) is 4.79 Å². The molecule has 0 spiro atoms.